The number of nitrogens with one attached hydrogen (secondary N) is 4. The molecule has 0 amide bonds. The Kier molecular flexibility index (Phi) is 10.7. The molecule has 0 bridgehead atoms. The number of hydrogen-bond acceptors (Lipinski definition) is 11. The number of likely N-dealkylation sites (tertiary alicyclic amines) is 1. The second-order valence-corrected chi connectivity index (χ2v) is 13.7. The first-order valence-corrected chi connectivity index (χ1v) is 16.4. The summed E-state index contributed by atoms with van der Waals surface area (Å²) in [6.07, 6.45) is 7.07. The number of benzene rings is 1. The highest BCUT2D eigenvalue weighted by atomic mass is 35.5. The van der Waals surface area contributed by atoms with Crippen molar-refractivity contribution in [2.45, 2.75) is 58.5 Å². The highest BCUT2D eigenvalue weighted by molar-refractivity contribution is 8.06. The lowest BCUT2D eigenvalue weighted by atomic mass is 9.86. The van der Waals surface area contributed by atoms with Gasteiger partial charge in [-0.2, -0.15) is 4.98 Å². The average Bonchev–Trinajstić information content (AvgIpc) is 3.75. The molecule has 1 saturated carbocycles. The van der Waals surface area contributed by atoms with Crippen LogP contribution in [0.2, 0.25) is 5.02 Å². The summed E-state index contributed by atoms with van der Waals surface area (Å²) < 4.78 is 31.8. The number of ether oxygens (including phenoxy) is 1. The van der Waals surface area contributed by atoms with Gasteiger partial charge in [0, 0.05) is 19.8 Å². The maximum atomic E-state index is 12.8. The summed E-state index contributed by atoms with van der Waals surface area (Å²) in [6.45, 7) is 8.47. The molecule has 11 nitrogen and oxygen atoms in total. The molecule has 1 saturated heterocycles. The Labute approximate surface area is 253 Å². The lowest BCUT2D eigenvalue weighted by Gasteiger charge is -2.32. The third-order valence-electron chi connectivity index (χ3n) is 7.27. The van der Waals surface area contributed by atoms with E-state index in [2.05, 4.69) is 49.9 Å². The van der Waals surface area contributed by atoms with Crippen molar-refractivity contribution in [1.29, 1.82) is 5.41 Å². The fourth-order valence-electron chi connectivity index (χ4n) is 5.07. The molecule has 2 aromatic rings. The van der Waals surface area contributed by atoms with E-state index in [9.17, 15) is 13.5 Å². The Balaban J connectivity index is 1.57. The first kappa shape index (κ1) is 32.0. The van der Waals surface area contributed by atoms with Crippen molar-refractivity contribution in [2.75, 3.05) is 49.7 Å². The molecule has 13 heteroatoms. The van der Waals surface area contributed by atoms with E-state index in [0.717, 1.165) is 55.8 Å². The summed E-state index contributed by atoms with van der Waals surface area (Å²) in [7, 11) is -2.21. The number of piperidine rings is 1. The largest absolute Gasteiger partial charge is 0.488 e. The van der Waals surface area contributed by atoms with Crippen LogP contribution in [-0.2, 0) is 9.84 Å². The maximum absolute atomic E-state index is 12.8. The molecule has 230 valence electrons. The minimum Gasteiger partial charge on any atom is -0.488 e. The molecule has 0 unspecified atom stereocenters. The van der Waals surface area contributed by atoms with Gasteiger partial charge >= 0.3 is 0 Å². The van der Waals surface area contributed by atoms with Gasteiger partial charge in [0.25, 0.3) is 0 Å². The summed E-state index contributed by atoms with van der Waals surface area (Å²) in [6, 6.07) is 4.19. The van der Waals surface area contributed by atoms with Gasteiger partial charge in [-0.15, -0.1) is 0 Å². The number of hydrogen-bond donors (Lipinski definition) is 5. The van der Waals surface area contributed by atoms with Gasteiger partial charge in [0.05, 0.1) is 36.0 Å². The Bertz CT molecular complexity index is 1400. The predicted octanol–water partition coefficient (Wildman–Crippen LogP) is 4.42. The molecule has 2 fully saturated rings. The molecule has 42 heavy (non-hydrogen) atoms. The second-order valence-electron chi connectivity index (χ2n) is 11.4. The van der Waals surface area contributed by atoms with E-state index in [4.69, 9.17) is 21.7 Å². The van der Waals surface area contributed by atoms with Crippen LogP contribution in [0.1, 0.15) is 56.6 Å². The molecule has 0 atom stereocenters. The summed E-state index contributed by atoms with van der Waals surface area (Å²) in [4.78, 5) is 11.2. The topological polar surface area (TPSA) is 153 Å². The van der Waals surface area contributed by atoms with Crippen LogP contribution in [0, 0.1) is 18.3 Å². The van der Waals surface area contributed by atoms with Crippen molar-refractivity contribution in [3.05, 3.63) is 46.4 Å². The van der Waals surface area contributed by atoms with E-state index in [1.165, 1.54) is 18.0 Å². The number of halogens is 1. The number of nitrogens with zero attached hydrogens (tertiary/aromatic N) is 3. The molecule has 0 radical (unpaired) electrons. The minimum absolute atomic E-state index is 0.0210. The van der Waals surface area contributed by atoms with Gasteiger partial charge < -0.3 is 30.7 Å². The lowest BCUT2D eigenvalue weighted by Crippen LogP contribution is -2.35. The van der Waals surface area contributed by atoms with Crippen LogP contribution in [0.15, 0.2) is 30.2 Å². The number of anilines is 3. The zero-order valence-electron chi connectivity index (χ0n) is 24.7. The molecule has 1 aromatic carbocycles. The molecule has 0 spiro atoms. The van der Waals surface area contributed by atoms with Crippen LogP contribution in [0.4, 0.5) is 17.5 Å². The Morgan fingerprint density at radius 1 is 1.26 bits per heavy atom. The molecule has 1 aromatic heterocycles. The summed E-state index contributed by atoms with van der Waals surface area (Å²) in [5, 5.41) is 26.2. The number of rotatable bonds is 13. The van der Waals surface area contributed by atoms with Gasteiger partial charge in [-0.1, -0.05) is 25.4 Å². The molecule has 1 aliphatic carbocycles. The standard InChI is InChI=1S/C29H42ClN7O4S/c1-18(2)17-42(39,40)27(31)25(16-32-4)34-28-23(30)15-33-29(36-28)35-24-13-19(3)22(14-26(24)41-21-5-6-21)20-7-9-37(10-8-20)11-12-38/h13-16,18,20-21,31-32,38H,5-12,17H2,1-4H3,(H2,33,34,35,36)/b25-16+,31-27?. The van der Waals surface area contributed by atoms with Crippen molar-refractivity contribution in [1.82, 2.24) is 20.2 Å². The van der Waals surface area contributed by atoms with E-state index in [-0.39, 0.29) is 46.9 Å². The van der Waals surface area contributed by atoms with E-state index < -0.39 is 14.9 Å². The summed E-state index contributed by atoms with van der Waals surface area (Å²) in [5.74, 6) is 1.27. The number of aromatic nitrogens is 2. The zero-order valence-corrected chi connectivity index (χ0v) is 26.3. The van der Waals surface area contributed by atoms with Gasteiger partial charge in [0.1, 0.15) is 10.8 Å². The Hall–Kier alpha value is -2.93. The van der Waals surface area contributed by atoms with E-state index >= 15 is 0 Å². The fourth-order valence-corrected chi connectivity index (χ4v) is 6.70. The van der Waals surface area contributed by atoms with E-state index in [0.29, 0.717) is 12.5 Å². The van der Waals surface area contributed by atoms with E-state index in [1.807, 2.05) is 0 Å². The second kappa shape index (κ2) is 14.0. The molecule has 1 aliphatic heterocycles. The Morgan fingerprint density at radius 3 is 2.60 bits per heavy atom. The SMILES string of the molecule is CN/C=C(/Nc1nc(Nc2cc(C)c(C3CCN(CCO)CC3)cc2OC2CC2)ncc1Cl)C(=N)S(=O)(=O)CC(C)C. The summed E-state index contributed by atoms with van der Waals surface area (Å²) in [5.41, 5.74) is 3.15. The van der Waals surface area contributed by atoms with Crippen molar-refractivity contribution < 1.29 is 18.3 Å². The van der Waals surface area contributed by atoms with Gasteiger partial charge in [0.15, 0.2) is 20.7 Å². The first-order valence-electron chi connectivity index (χ1n) is 14.4. The molecule has 5 N–H and O–H groups in total. The smallest absolute Gasteiger partial charge is 0.229 e. The minimum atomic E-state index is -3.83. The number of β-amino-alcohol motifs (C(OH)–C–C–N with tert-alkyl or cyclic N) is 1. The molecular weight excluding hydrogens is 578 g/mol. The van der Waals surface area contributed by atoms with Crippen LogP contribution in [0.5, 0.6) is 5.75 Å². The van der Waals surface area contributed by atoms with Crippen LogP contribution >= 0.6 is 11.6 Å². The zero-order chi connectivity index (χ0) is 30.4. The van der Waals surface area contributed by atoms with Crippen molar-refractivity contribution in [3.8, 4) is 5.75 Å². The molecule has 2 aliphatic rings. The number of aryl methyl sites for hydroxylation is 1. The predicted molar refractivity (Wildman–Crippen MR) is 168 cm³/mol. The fraction of sp³-hybridized carbons (Fsp3) is 0.552. The number of aliphatic hydroxyl groups excluding tert-OH is 1. The maximum Gasteiger partial charge on any atom is 0.229 e. The third-order valence-corrected chi connectivity index (χ3v) is 9.49. The average molecular weight is 620 g/mol. The van der Waals surface area contributed by atoms with Gasteiger partial charge in [-0.3, -0.25) is 5.41 Å². The summed E-state index contributed by atoms with van der Waals surface area (Å²) >= 11 is 6.39. The van der Waals surface area contributed by atoms with Crippen molar-refractivity contribution >= 4 is 43.9 Å². The van der Waals surface area contributed by atoms with E-state index in [1.54, 1.807) is 20.9 Å². The van der Waals surface area contributed by atoms with Crippen LogP contribution in [0.25, 0.3) is 0 Å². The van der Waals surface area contributed by atoms with Crippen LogP contribution in [-0.4, -0.2) is 78.6 Å². The van der Waals surface area contributed by atoms with Gasteiger partial charge in [-0.05, 0) is 80.8 Å². The van der Waals surface area contributed by atoms with Crippen LogP contribution in [0.3, 0.4) is 0 Å². The molecule has 2 heterocycles. The first-order chi connectivity index (χ1) is 20.0. The molecule has 4 rings (SSSR count). The third kappa shape index (κ3) is 8.33. The normalized spacial score (nSPS) is 16.9. The number of sulfone groups is 1. The van der Waals surface area contributed by atoms with Crippen LogP contribution < -0.4 is 20.7 Å². The lowest BCUT2D eigenvalue weighted by molar-refractivity contribution is 0.164. The molecular formula is C29H42ClN7O4S. The van der Waals surface area contributed by atoms with Crippen molar-refractivity contribution in [2.24, 2.45) is 5.92 Å². The van der Waals surface area contributed by atoms with Gasteiger partial charge in [0.2, 0.25) is 5.95 Å². The Morgan fingerprint density at radius 2 is 1.98 bits per heavy atom. The highest BCUT2D eigenvalue weighted by Gasteiger charge is 2.28. The highest BCUT2D eigenvalue weighted by Crippen LogP contribution is 2.40. The van der Waals surface area contributed by atoms with Crippen molar-refractivity contribution in [3.63, 3.8) is 0 Å². The van der Waals surface area contributed by atoms with Gasteiger partial charge in [-0.25, -0.2) is 13.4 Å². The monoisotopic (exact) mass is 619 g/mol. The number of aliphatic hydroxyl groups is 1. The quantitative estimate of drug-likeness (QED) is 0.161.